The van der Waals surface area contributed by atoms with E-state index in [1.54, 1.807) is 54.6 Å². The van der Waals surface area contributed by atoms with E-state index in [2.05, 4.69) is 6.58 Å². The Morgan fingerprint density at radius 2 is 1.71 bits per heavy atom. The zero-order valence-corrected chi connectivity index (χ0v) is 17.0. The predicted molar refractivity (Wildman–Crippen MR) is 119 cm³/mol. The number of fused-ring (bicyclic) bond motifs is 1. The first-order valence-electron chi connectivity index (χ1n) is 10.2. The van der Waals surface area contributed by atoms with Crippen LogP contribution in [0.3, 0.4) is 0 Å². The normalized spacial score (nSPS) is 15.7. The highest BCUT2D eigenvalue weighted by molar-refractivity contribution is 5.98. The average Bonchev–Trinajstić information content (AvgIpc) is 3.22. The SMILES string of the molecule is C=Cc1cc(F)c2c(c1)[C@H](N(C(=O)c1ccccc1)C(C(N)=O)c1ccccc1)CC2. The number of rotatable bonds is 6. The zero-order chi connectivity index (χ0) is 22.0. The van der Waals surface area contributed by atoms with Crippen LogP contribution >= 0.6 is 0 Å². The van der Waals surface area contributed by atoms with Crippen molar-refractivity contribution < 1.29 is 14.0 Å². The highest BCUT2D eigenvalue weighted by Crippen LogP contribution is 2.42. The van der Waals surface area contributed by atoms with E-state index in [-0.39, 0.29) is 11.7 Å². The van der Waals surface area contributed by atoms with Gasteiger partial charge in [-0.25, -0.2) is 4.39 Å². The Kier molecular flexibility index (Phi) is 5.67. The van der Waals surface area contributed by atoms with Crippen LogP contribution in [-0.2, 0) is 11.2 Å². The maximum atomic E-state index is 14.7. The molecule has 4 rings (SSSR count). The molecule has 2 atom stereocenters. The van der Waals surface area contributed by atoms with E-state index in [0.717, 1.165) is 0 Å². The van der Waals surface area contributed by atoms with Crippen molar-refractivity contribution in [1.82, 2.24) is 4.90 Å². The van der Waals surface area contributed by atoms with Gasteiger partial charge in [-0.3, -0.25) is 9.59 Å². The van der Waals surface area contributed by atoms with Gasteiger partial charge in [-0.1, -0.05) is 61.2 Å². The van der Waals surface area contributed by atoms with Crippen LogP contribution in [0.25, 0.3) is 6.08 Å². The summed E-state index contributed by atoms with van der Waals surface area (Å²) < 4.78 is 14.7. The molecule has 5 heteroatoms. The standard InChI is InChI=1S/C26H23FN2O2/c1-2-17-15-21-20(22(27)16-17)13-14-23(21)29(26(31)19-11-7-4-8-12-19)24(25(28)30)18-9-5-3-6-10-18/h2-12,15-16,23-24H,1,13-14H2,(H2,28,30)/t23-,24?/m1/s1. The molecule has 0 bridgehead atoms. The minimum Gasteiger partial charge on any atom is -0.368 e. The molecule has 0 aromatic heterocycles. The summed E-state index contributed by atoms with van der Waals surface area (Å²) in [6.45, 7) is 3.74. The Morgan fingerprint density at radius 1 is 1.06 bits per heavy atom. The summed E-state index contributed by atoms with van der Waals surface area (Å²) in [4.78, 5) is 27.9. The Hall–Kier alpha value is -3.73. The molecule has 1 aliphatic carbocycles. The number of hydrogen-bond acceptors (Lipinski definition) is 2. The number of primary amides is 1. The van der Waals surface area contributed by atoms with E-state index in [9.17, 15) is 14.0 Å². The van der Waals surface area contributed by atoms with Gasteiger partial charge in [0, 0.05) is 5.56 Å². The smallest absolute Gasteiger partial charge is 0.255 e. The fourth-order valence-corrected chi connectivity index (χ4v) is 4.35. The van der Waals surface area contributed by atoms with Crippen LogP contribution in [0.5, 0.6) is 0 Å². The van der Waals surface area contributed by atoms with Crippen molar-refractivity contribution in [3.63, 3.8) is 0 Å². The molecule has 0 heterocycles. The Morgan fingerprint density at radius 3 is 2.32 bits per heavy atom. The number of nitrogens with two attached hydrogens (primary N) is 1. The second-order valence-electron chi connectivity index (χ2n) is 7.62. The molecule has 2 amide bonds. The molecule has 3 aromatic carbocycles. The molecule has 0 saturated heterocycles. The van der Waals surface area contributed by atoms with Crippen LogP contribution in [0.15, 0.2) is 79.4 Å². The number of carbonyl (C=O) groups excluding carboxylic acids is 2. The lowest BCUT2D eigenvalue weighted by atomic mass is 9.97. The molecule has 156 valence electrons. The van der Waals surface area contributed by atoms with E-state index in [4.69, 9.17) is 5.73 Å². The molecular formula is C26H23FN2O2. The molecule has 0 spiro atoms. The summed E-state index contributed by atoms with van der Waals surface area (Å²) in [7, 11) is 0. The Bertz CT molecular complexity index is 1130. The summed E-state index contributed by atoms with van der Waals surface area (Å²) in [5.41, 5.74) is 8.79. The van der Waals surface area contributed by atoms with Gasteiger partial charge in [-0.05, 0) is 59.4 Å². The fraction of sp³-hybridized carbons (Fsp3) is 0.154. The molecule has 1 aliphatic rings. The summed E-state index contributed by atoms with van der Waals surface area (Å²) in [6, 6.07) is 19.6. The number of halogens is 1. The minimum atomic E-state index is -0.986. The lowest BCUT2D eigenvalue weighted by Crippen LogP contribution is -2.43. The third kappa shape index (κ3) is 3.87. The lowest BCUT2D eigenvalue weighted by Gasteiger charge is -2.36. The highest BCUT2D eigenvalue weighted by atomic mass is 19.1. The van der Waals surface area contributed by atoms with Crippen molar-refractivity contribution in [3.8, 4) is 0 Å². The maximum absolute atomic E-state index is 14.7. The molecule has 4 nitrogen and oxygen atoms in total. The summed E-state index contributed by atoms with van der Waals surface area (Å²) in [6.07, 6.45) is 2.55. The number of amides is 2. The zero-order valence-electron chi connectivity index (χ0n) is 17.0. The van der Waals surface area contributed by atoms with E-state index in [1.807, 2.05) is 18.2 Å². The summed E-state index contributed by atoms with van der Waals surface area (Å²) in [5.74, 6) is -1.28. The highest BCUT2D eigenvalue weighted by Gasteiger charge is 2.40. The van der Waals surface area contributed by atoms with E-state index in [1.165, 1.54) is 11.0 Å². The quantitative estimate of drug-likeness (QED) is 0.628. The number of hydrogen-bond donors (Lipinski definition) is 1. The topological polar surface area (TPSA) is 63.4 Å². The van der Waals surface area contributed by atoms with Crippen molar-refractivity contribution in [2.45, 2.75) is 24.9 Å². The van der Waals surface area contributed by atoms with Crippen molar-refractivity contribution in [1.29, 1.82) is 0 Å². The summed E-state index contributed by atoms with van der Waals surface area (Å²) >= 11 is 0. The van der Waals surface area contributed by atoms with Crippen LogP contribution in [0, 0.1) is 5.82 Å². The van der Waals surface area contributed by atoms with Crippen LogP contribution in [0.1, 0.15) is 51.1 Å². The fourth-order valence-electron chi connectivity index (χ4n) is 4.35. The number of carbonyl (C=O) groups is 2. The third-order valence-corrected chi connectivity index (χ3v) is 5.77. The number of benzene rings is 3. The van der Waals surface area contributed by atoms with Gasteiger partial charge in [0.1, 0.15) is 11.9 Å². The van der Waals surface area contributed by atoms with Gasteiger partial charge in [0.2, 0.25) is 5.91 Å². The first-order valence-corrected chi connectivity index (χ1v) is 10.2. The van der Waals surface area contributed by atoms with E-state index < -0.39 is 18.0 Å². The van der Waals surface area contributed by atoms with Crippen LogP contribution in [0.4, 0.5) is 4.39 Å². The van der Waals surface area contributed by atoms with E-state index in [0.29, 0.717) is 40.7 Å². The summed E-state index contributed by atoms with van der Waals surface area (Å²) in [5, 5.41) is 0. The van der Waals surface area contributed by atoms with Gasteiger partial charge in [-0.15, -0.1) is 0 Å². The van der Waals surface area contributed by atoms with Gasteiger partial charge < -0.3 is 10.6 Å². The molecule has 0 saturated carbocycles. The maximum Gasteiger partial charge on any atom is 0.255 e. The van der Waals surface area contributed by atoms with Gasteiger partial charge >= 0.3 is 0 Å². The van der Waals surface area contributed by atoms with Gasteiger partial charge in [0.15, 0.2) is 0 Å². The Labute approximate surface area is 180 Å². The number of nitrogens with zero attached hydrogens (tertiary/aromatic N) is 1. The second-order valence-corrected chi connectivity index (χ2v) is 7.62. The van der Waals surface area contributed by atoms with Crippen molar-refractivity contribution in [3.05, 3.63) is 113 Å². The van der Waals surface area contributed by atoms with Crippen molar-refractivity contribution in [2.24, 2.45) is 5.73 Å². The third-order valence-electron chi connectivity index (χ3n) is 5.77. The Balaban J connectivity index is 1.89. The molecular weight excluding hydrogens is 391 g/mol. The van der Waals surface area contributed by atoms with Gasteiger partial charge in [-0.2, -0.15) is 0 Å². The van der Waals surface area contributed by atoms with Crippen LogP contribution < -0.4 is 5.73 Å². The van der Waals surface area contributed by atoms with Crippen molar-refractivity contribution >= 4 is 17.9 Å². The molecule has 1 unspecified atom stereocenters. The monoisotopic (exact) mass is 414 g/mol. The van der Waals surface area contributed by atoms with Crippen molar-refractivity contribution in [2.75, 3.05) is 0 Å². The first kappa shape index (κ1) is 20.5. The van der Waals surface area contributed by atoms with Crippen LogP contribution in [-0.4, -0.2) is 16.7 Å². The molecule has 0 aliphatic heterocycles. The average molecular weight is 414 g/mol. The molecule has 2 N–H and O–H groups in total. The minimum absolute atomic E-state index is 0.322. The largest absolute Gasteiger partial charge is 0.368 e. The lowest BCUT2D eigenvalue weighted by molar-refractivity contribution is -0.123. The van der Waals surface area contributed by atoms with Crippen LogP contribution in [0.2, 0.25) is 0 Å². The molecule has 3 aromatic rings. The molecule has 31 heavy (non-hydrogen) atoms. The van der Waals surface area contributed by atoms with E-state index >= 15 is 0 Å². The first-order chi connectivity index (χ1) is 15.0. The second kappa shape index (κ2) is 8.56. The molecule has 0 fully saturated rings. The van der Waals surface area contributed by atoms with Gasteiger partial charge in [0.25, 0.3) is 5.91 Å². The van der Waals surface area contributed by atoms with Gasteiger partial charge in [0.05, 0.1) is 6.04 Å². The predicted octanol–water partition coefficient (Wildman–Crippen LogP) is 4.83. The molecule has 0 radical (unpaired) electrons.